The third-order valence-electron chi connectivity index (χ3n) is 2.41. The molecule has 1 rings (SSSR count). The Kier molecular flexibility index (Phi) is 2.87. The summed E-state index contributed by atoms with van der Waals surface area (Å²) in [5.41, 5.74) is 5.32. The standard InChI is InChI=1S/C7H13NO5/c8-4-3(9)1-2(7(12)13)5(10)6(4)11/h2-6,9-11H,1,8H2,(H,12,13). The van der Waals surface area contributed by atoms with Crippen LogP contribution in [0, 0.1) is 5.92 Å². The number of nitrogens with two attached hydrogens (primary N) is 1. The molecule has 5 atom stereocenters. The maximum atomic E-state index is 10.5. The molecule has 0 bridgehead atoms. The zero-order chi connectivity index (χ0) is 10.2. The van der Waals surface area contributed by atoms with Gasteiger partial charge in [-0.3, -0.25) is 4.79 Å². The summed E-state index contributed by atoms with van der Waals surface area (Å²) in [5.74, 6) is -2.39. The third-order valence-corrected chi connectivity index (χ3v) is 2.41. The Morgan fingerprint density at radius 2 is 1.77 bits per heavy atom. The van der Waals surface area contributed by atoms with E-state index in [4.69, 9.17) is 10.8 Å². The van der Waals surface area contributed by atoms with Gasteiger partial charge >= 0.3 is 5.97 Å². The minimum Gasteiger partial charge on any atom is -0.481 e. The lowest BCUT2D eigenvalue weighted by Gasteiger charge is -2.36. The molecule has 0 spiro atoms. The van der Waals surface area contributed by atoms with Gasteiger partial charge < -0.3 is 26.2 Å². The van der Waals surface area contributed by atoms with Crippen molar-refractivity contribution in [2.45, 2.75) is 30.8 Å². The second-order valence-electron chi connectivity index (χ2n) is 3.31. The van der Waals surface area contributed by atoms with Crippen LogP contribution in [0.25, 0.3) is 0 Å². The van der Waals surface area contributed by atoms with Crippen LogP contribution in [0.2, 0.25) is 0 Å². The number of hydrogen-bond donors (Lipinski definition) is 5. The van der Waals surface area contributed by atoms with E-state index in [1.165, 1.54) is 0 Å². The maximum absolute atomic E-state index is 10.5. The molecule has 6 N–H and O–H groups in total. The first-order valence-electron chi connectivity index (χ1n) is 3.97. The van der Waals surface area contributed by atoms with Crippen LogP contribution in [-0.2, 0) is 4.79 Å². The SMILES string of the molecule is NC1C(O)CC(C(=O)O)C(O)C1O. The monoisotopic (exact) mass is 191 g/mol. The van der Waals surface area contributed by atoms with Crippen molar-refractivity contribution in [3.8, 4) is 0 Å². The van der Waals surface area contributed by atoms with Gasteiger partial charge in [-0.2, -0.15) is 0 Å². The fourth-order valence-electron chi connectivity index (χ4n) is 1.50. The van der Waals surface area contributed by atoms with Crippen molar-refractivity contribution >= 4 is 5.97 Å². The zero-order valence-electron chi connectivity index (χ0n) is 6.87. The summed E-state index contributed by atoms with van der Waals surface area (Å²) in [4.78, 5) is 10.5. The van der Waals surface area contributed by atoms with Crippen LogP contribution >= 0.6 is 0 Å². The molecular formula is C7H13NO5. The van der Waals surface area contributed by atoms with Gasteiger partial charge in [-0.15, -0.1) is 0 Å². The van der Waals surface area contributed by atoms with Crippen molar-refractivity contribution in [3.63, 3.8) is 0 Å². The number of carboxylic acid groups (broad SMARTS) is 1. The predicted molar refractivity (Wildman–Crippen MR) is 41.7 cm³/mol. The molecule has 0 aliphatic heterocycles. The van der Waals surface area contributed by atoms with Gasteiger partial charge in [0, 0.05) is 0 Å². The average molecular weight is 191 g/mol. The minimum atomic E-state index is -1.41. The summed E-state index contributed by atoms with van der Waals surface area (Å²) in [7, 11) is 0. The van der Waals surface area contributed by atoms with Gasteiger partial charge in [0.1, 0.15) is 0 Å². The first-order chi connectivity index (χ1) is 5.95. The van der Waals surface area contributed by atoms with Crippen LogP contribution in [0.15, 0.2) is 0 Å². The molecule has 0 saturated heterocycles. The Morgan fingerprint density at radius 1 is 1.23 bits per heavy atom. The van der Waals surface area contributed by atoms with Crippen LogP contribution in [0.3, 0.4) is 0 Å². The summed E-state index contributed by atoms with van der Waals surface area (Å²) >= 11 is 0. The molecule has 1 aliphatic carbocycles. The third kappa shape index (κ3) is 1.80. The van der Waals surface area contributed by atoms with E-state index in [9.17, 15) is 20.1 Å². The lowest BCUT2D eigenvalue weighted by atomic mass is 9.80. The van der Waals surface area contributed by atoms with Crippen molar-refractivity contribution in [3.05, 3.63) is 0 Å². The minimum absolute atomic E-state index is 0.130. The van der Waals surface area contributed by atoms with Crippen molar-refractivity contribution in [2.75, 3.05) is 0 Å². The van der Waals surface area contributed by atoms with E-state index in [-0.39, 0.29) is 6.42 Å². The highest BCUT2D eigenvalue weighted by Crippen LogP contribution is 2.24. The van der Waals surface area contributed by atoms with Crippen molar-refractivity contribution in [2.24, 2.45) is 11.7 Å². The summed E-state index contributed by atoms with van der Waals surface area (Å²) in [6.07, 6.45) is -4.01. The van der Waals surface area contributed by atoms with Crippen LogP contribution in [0.5, 0.6) is 0 Å². The number of aliphatic carboxylic acids is 1. The van der Waals surface area contributed by atoms with E-state index in [2.05, 4.69) is 0 Å². The molecule has 1 saturated carbocycles. The molecule has 0 aromatic carbocycles. The molecule has 0 heterocycles. The molecule has 13 heavy (non-hydrogen) atoms. The number of aliphatic hydroxyl groups is 3. The second kappa shape index (κ2) is 3.59. The highest BCUT2D eigenvalue weighted by Gasteiger charge is 2.44. The molecule has 0 aromatic heterocycles. The predicted octanol–water partition coefficient (Wildman–Crippen LogP) is -2.50. The number of carboxylic acids is 1. The number of hydrogen-bond acceptors (Lipinski definition) is 5. The molecule has 1 fully saturated rings. The topological polar surface area (TPSA) is 124 Å². The smallest absolute Gasteiger partial charge is 0.309 e. The zero-order valence-corrected chi connectivity index (χ0v) is 6.87. The van der Waals surface area contributed by atoms with E-state index < -0.39 is 36.2 Å². The Bertz CT molecular complexity index is 209. The van der Waals surface area contributed by atoms with E-state index >= 15 is 0 Å². The first-order valence-corrected chi connectivity index (χ1v) is 3.97. The number of rotatable bonds is 1. The first kappa shape index (κ1) is 10.4. The van der Waals surface area contributed by atoms with Crippen molar-refractivity contribution < 1.29 is 25.2 Å². The summed E-state index contributed by atoms with van der Waals surface area (Å²) in [5, 5.41) is 36.3. The van der Waals surface area contributed by atoms with Gasteiger partial charge in [0.25, 0.3) is 0 Å². The summed E-state index contributed by atoms with van der Waals surface area (Å²) < 4.78 is 0. The Balaban J connectivity index is 2.76. The van der Waals surface area contributed by atoms with E-state index in [0.717, 1.165) is 0 Å². The van der Waals surface area contributed by atoms with Gasteiger partial charge in [-0.25, -0.2) is 0 Å². The van der Waals surface area contributed by atoms with Crippen LogP contribution < -0.4 is 5.73 Å². The van der Waals surface area contributed by atoms with Gasteiger partial charge in [0.2, 0.25) is 0 Å². The molecule has 6 heteroatoms. The van der Waals surface area contributed by atoms with Gasteiger partial charge in [0.15, 0.2) is 0 Å². The van der Waals surface area contributed by atoms with Crippen LogP contribution in [0.4, 0.5) is 0 Å². The van der Waals surface area contributed by atoms with Crippen molar-refractivity contribution in [1.82, 2.24) is 0 Å². The molecule has 0 aromatic rings. The van der Waals surface area contributed by atoms with Gasteiger partial charge in [0.05, 0.1) is 30.3 Å². The van der Waals surface area contributed by atoms with Crippen molar-refractivity contribution in [1.29, 1.82) is 0 Å². The molecule has 0 radical (unpaired) electrons. The van der Waals surface area contributed by atoms with E-state index in [0.29, 0.717) is 0 Å². The Morgan fingerprint density at radius 3 is 2.23 bits per heavy atom. The number of aliphatic hydroxyl groups excluding tert-OH is 3. The fraction of sp³-hybridized carbons (Fsp3) is 0.857. The molecular weight excluding hydrogens is 178 g/mol. The lowest BCUT2D eigenvalue weighted by molar-refractivity contribution is -0.159. The molecule has 6 nitrogen and oxygen atoms in total. The van der Waals surface area contributed by atoms with Gasteiger partial charge in [-0.05, 0) is 6.42 Å². The largest absolute Gasteiger partial charge is 0.481 e. The Hall–Kier alpha value is -0.690. The molecule has 1 aliphatic rings. The lowest BCUT2D eigenvalue weighted by Crippen LogP contribution is -2.59. The van der Waals surface area contributed by atoms with Gasteiger partial charge in [-0.1, -0.05) is 0 Å². The average Bonchev–Trinajstić information content (AvgIpc) is 2.07. The molecule has 5 unspecified atom stereocenters. The second-order valence-corrected chi connectivity index (χ2v) is 3.31. The fourth-order valence-corrected chi connectivity index (χ4v) is 1.50. The van der Waals surface area contributed by atoms with Crippen LogP contribution in [0.1, 0.15) is 6.42 Å². The summed E-state index contributed by atoms with van der Waals surface area (Å²) in [6.45, 7) is 0. The number of carbonyl (C=O) groups is 1. The maximum Gasteiger partial charge on any atom is 0.309 e. The highest BCUT2D eigenvalue weighted by molar-refractivity contribution is 5.71. The van der Waals surface area contributed by atoms with E-state index in [1.807, 2.05) is 0 Å². The Labute approximate surface area is 74.6 Å². The van der Waals surface area contributed by atoms with E-state index in [1.54, 1.807) is 0 Å². The highest BCUT2D eigenvalue weighted by atomic mass is 16.4. The summed E-state index contributed by atoms with van der Waals surface area (Å²) in [6, 6.07) is -0.981. The van der Waals surface area contributed by atoms with Crippen LogP contribution in [-0.4, -0.2) is 50.7 Å². The molecule has 0 amide bonds. The quantitative estimate of drug-likeness (QED) is 0.312. The normalized spacial score (nSPS) is 46.0. The molecule has 76 valence electrons.